The van der Waals surface area contributed by atoms with Crippen molar-refractivity contribution in [2.45, 2.75) is 32.4 Å². The molecule has 0 aliphatic carbocycles. The second kappa shape index (κ2) is 5.42. The van der Waals surface area contributed by atoms with Gasteiger partial charge in [0.2, 0.25) is 0 Å². The molecule has 1 saturated heterocycles. The summed E-state index contributed by atoms with van der Waals surface area (Å²) in [4.78, 5) is 4.27. The third-order valence-electron chi connectivity index (χ3n) is 4.10. The third kappa shape index (κ3) is 2.39. The van der Waals surface area contributed by atoms with Crippen molar-refractivity contribution in [2.75, 3.05) is 13.2 Å². The van der Waals surface area contributed by atoms with Gasteiger partial charge < -0.3 is 19.5 Å². The average molecular weight is 275 g/mol. The molecule has 0 aromatic carbocycles. The van der Waals surface area contributed by atoms with E-state index < -0.39 is 0 Å². The zero-order valence-corrected chi connectivity index (χ0v) is 12.0. The lowest BCUT2D eigenvalue weighted by molar-refractivity contribution is 0.180. The predicted molar refractivity (Wildman–Crippen MR) is 75.3 cm³/mol. The molecule has 2 N–H and O–H groups in total. The minimum Gasteiger partial charge on any atom is -0.464 e. The Morgan fingerprint density at radius 2 is 2.30 bits per heavy atom. The van der Waals surface area contributed by atoms with Gasteiger partial charge in [-0.2, -0.15) is 0 Å². The Kier molecular flexibility index (Phi) is 3.63. The van der Waals surface area contributed by atoms with E-state index in [9.17, 15) is 0 Å². The summed E-state index contributed by atoms with van der Waals surface area (Å²) in [7, 11) is 0. The fourth-order valence-corrected chi connectivity index (χ4v) is 2.79. The summed E-state index contributed by atoms with van der Waals surface area (Å²) in [6, 6.07) is 4.04. The Morgan fingerprint density at radius 1 is 1.45 bits per heavy atom. The van der Waals surface area contributed by atoms with Crippen molar-refractivity contribution in [3.05, 3.63) is 41.9 Å². The number of aryl methyl sites for hydroxylation is 1. The van der Waals surface area contributed by atoms with E-state index in [1.165, 1.54) is 0 Å². The molecule has 0 radical (unpaired) electrons. The Morgan fingerprint density at radius 3 is 2.95 bits per heavy atom. The highest BCUT2D eigenvalue weighted by Gasteiger charge is 2.27. The van der Waals surface area contributed by atoms with E-state index in [2.05, 4.69) is 16.5 Å². The van der Waals surface area contributed by atoms with Crippen LogP contribution in [-0.2, 0) is 4.74 Å². The molecule has 0 saturated carbocycles. The van der Waals surface area contributed by atoms with Crippen LogP contribution < -0.4 is 5.73 Å². The Balaban J connectivity index is 1.85. The lowest BCUT2D eigenvalue weighted by atomic mass is 9.97. The molecule has 3 rings (SSSR count). The number of imidazole rings is 1. The summed E-state index contributed by atoms with van der Waals surface area (Å²) in [6.07, 6.45) is 4.70. The molecular formula is C15H21N3O2. The van der Waals surface area contributed by atoms with E-state index in [1.54, 1.807) is 0 Å². The zero-order chi connectivity index (χ0) is 14.1. The van der Waals surface area contributed by atoms with Crippen molar-refractivity contribution >= 4 is 0 Å². The molecule has 3 unspecified atom stereocenters. The Hall–Kier alpha value is -1.59. The minimum absolute atomic E-state index is 0.0430. The Labute approximate surface area is 118 Å². The van der Waals surface area contributed by atoms with Crippen LogP contribution in [0.5, 0.6) is 0 Å². The van der Waals surface area contributed by atoms with Crippen molar-refractivity contribution < 1.29 is 9.15 Å². The van der Waals surface area contributed by atoms with Gasteiger partial charge in [-0.1, -0.05) is 0 Å². The number of rotatable bonds is 4. The van der Waals surface area contributed by atoms with Crippen LogP contribution in [0.2, 0.25) is 0 Å². The highest BCUT2D eigenvalue weighted by Crippen LogP contribution is 2.30. The van der Waals surface area contributed by atoms with Crippen molar-refractivity contribution in [2.24, 2.45) is 11.7 Å². The standard InChI is InChI=1S/C15H21N3O2/c1-10-3-4-14(20-10)11(2)18-9-17-7-13(18)15(16)12-5-6-19-8-12/h3-4,7,9,11-12,15H,5-6,8,16H2,1-2H3. The number of nitrogens with zero attached hydrogens (tertiary/aromatic N) is 2. The maximum atomic E-state index is 6.40. The number of hydrogen-bond donors (Lipinski definition) is 1. The van der Waals surface area contributed by atoms with Crippen LogP contribution in [0.1, 0.15) is 42.6 Å². The number of ether oxygens (including phenoxy) is 1. The summed E-state index contributed by atoms with van der Waals surface area (Å²) in [5, 5.41) is 0. The van der Waals surface area contributed by atoms with Crippen LogP contribution in [0.3, 0.4) is 0 Å². The van der Waals surface area contributed by atoms with E-state index in [-0.39, 0.29) is 12.1 Å². The van der Waals surface area contributed by atoms with Gasteiger partial charge in [-0.25, -0.2) is 4.98 Å². The van der Waals surface area contributed by atoms with Crippen LogP contribution in [0, 0.1) is 12.8 Å². The molecule has 1 aliphatic rings. The Bertz CT molecular complexity index is 569. The van der Waals surface area contributed by atoms with Crippen molar-refractivity contribution in [1.29, 1.82) is 0 Å². The molecule has 2 aromatic rings. The first-order valence-corrected chi connectivity index (χ1v) is 7.08. The van der Waals surface area contributed by atoms with Gasteiger partial charge in [0.05, 0.1) is 30.7 Å². The van der Waals surface area contributed by atoms with Crippen LogP contribution in [0.25, 0.3) is 0 Å². The number of furan rings is 1. The minimum atomic E-state index is -0.0430. The van der Waals surface area contributed by atoms with Gasteiger partial charge in [0, 0.05) is 18.7 Å². The molecule has 5 heteroatoms. The molecule has 108 valence electrons. The quantitative estimate of drug-likeness (QED) is 0.930. The SMILES string of the molecule is Cc1ccc(C(C)n2cncc2C(N)C2CCOC2)o1. The molecule has 3 heterocycles. The molecule has 1 fully saturated rings. The van der Waals surface area contributed by atoms with Crippen molar-refractivity contribution in [1.82, 2.24) is 9.55 Å². The smallest absolute Gasteiger partial charge is 0.126 e. The van der Waals surface area contributed by atoms with Gasteiger partial charge in [0.15, 0.2) is 0 Å². The van der Waals surface area contributed by atoms with Gasteiger partial charge in [-0.15, -0.1) is 0 Å². The fraction of sp³-hybridized carbons (Fsp3) is 0.533. The van der Waals surface area contributed by atoms with Gasteiger partial charge in [0.1, 0.15) is 11.5 Å². The van der Waals surface area contributed by atoms with Crippen LogP contribution >= 0.6 is 0 Å². The summed E-state index contributed by atoms with van der Waals surface area (Å²) in [6.45, 7) is 5.59. The van der Waals surface area contributed by atoms with Crippen LogP contribution in [0.4, 0.5) is 0 Å². The zero-order valence-electron chi connectivity index (χ0n) is 12.0. The van der Waals surface area contributed by atoms with Gasteiger partial charge in [-0.05, 0) is 32.4 Å². The summed E-state index contributed by atoms with van der Waals surface area (Å²) < 4.78 is 13.3. The second-order valence-corrected chi connectivity index (χ2v) is 5.50. The number of hydrogen-bond acceptors (Lipinski definition) is 4. The average Bonchev–Trinajstić information content (AvgIpc) is 3.18. The molecule has 2 aromatic heterocycles. The van der Waals surface area contributed by atoms with E-state index >= 15 is 0 Å². The third-order valence-corrected chi connectivity index (χ3v) is 4.10. The largest absolute Gasteiger partial charge is 0.464 e. The fourth-order valence-electron chi connectivity index (χ4n) is 2.79. The van der Waals surface area contributed by atoms with E-state index in [0.717, 1.165) is 36.8 Å². The molecule has 0 amide bonds. The molecule has 0 spiro atoms. The van der Waals surface area contributed by atoms with Gasteiger partial charge in [-0.3, -0.25) is 0 Å². The highest BCUT2D eigenvalue weighted by molar-refractivity contribution is 5.15. The molecule has 0 bridgehead atoms. The summed E-state index contributed by atoms with van der Waals surface area (Å²) >= 11 is 0. The molecule has 1 aliphatic heterocycles. The van der Waals surface area contributed by atoms with E-state index in [4.69, 9.17) is 14.9 Å². The normalized spacial score (nSPS) is 22.1. The first-order chi connectivity index (χ1) is 9.66. The molecule has 20 heavy (non-hydrogen) atoms. The van der Waals surface area contributed by atoms with E-state index in [0.29, 0.717) is 5.92 Å². The monoisotopic (exact) mass is 275 g/mol. The summed E-state index contributed by atoms with van der Waals surface area (Å²) in [5.74, 6) is 2.22. The van der Waals surface area contributed by atoms with Gasteiger partial charge in [0.25, 0.3) is 0 Å². The van der Waals surface area contributed by atoms with Crippen LogP contribution in [0.15, 0.2) is 29.1 Å². The van der Waals surface area contributed by atoms with Crippen molar-refractivity contribution in [3.63, 3.8) is 0 Å². The van der Waals surface area contributed by atoms with E-state index in [1.807, 2.05) is 31.6 Å². The maximum Gasteiger partial charge on any atom is 0.126 e. The summed E-state index contributed by atoms with van der Waals surface area (Å²) in [5.41, 5.74) is 7.44. The van der Waals surface area contributed by atoms with Gasteiger partial charge >= 0.3 is 0 Å². The molecule has 3 atom stereocenters. The lowest BCUT2D eigenvalue weighted by Crippen LogP contribution is -2.25. The van der Waals surface area contributed by atoms with Crippen molar-refractivity contribution in [3.8, 4) is 0 Å². The molecular weight excluding hydrogens is 254 g/mol. The number of nitrogens with two attached hydrogens (primary N) is 1. The first-order valence-electron chi connectivity index (χ1n) is 7.08. The predicted octanol–water partition coefficient (Wildman–Crippen LogP) is 2.43. The lowest BCUT2D eigenvalue weighted by Gasteiger charge is -2.22. The maximum absolute atomic E-state index is 6.40. The second-order valence-electron chi connectivity index (χ2n) is 5.50. The highest BCUT2D eigenvalue weighted by atomic mass is 16.5. The number of aromatic nitrogens is 2. The van der Waals surface area contributed by atoms with Crippen LogP contribution in [-0.4, -0.2) is 22.8 Å². The molecule has 5 nitrogen and oxygen atoms in total. The first kappa shape index (κ1) is 13.4. The topological polar surface area (TPSA) is 66.2 Å².